The number of aliphatic hydroxyl groups is 1. The summed E-state index contributed by atoms with van der Waals surface area (Å²) in [5.74, 6) is 5.36. The lowest BCUT2D eigenvalue weighted by molar-refractivity contribution is 0.115. The molecule has 1 aromatic carbocycles. The van der Waals surface area contributed by atoms with Crippen molar-refractivity contribution in [1.29, 1.82) is 0 Å². The van der Waals surface area contributed by atoms with Crippen molar-refractivity contribution in [3.8, 4) is 11.8 Å². The van der Waals surface area contributed by atoms with Gasteiger partial charge in [-0.15, -0.1) is 0 Å². The van der Waals surface area contributed by atoms with E-state index < -0.39 is 10.0 Å². The number of nitrogens with zero attached hydrogens (tertiary/aromatic N) is 1. The zero-order chi connectivity index (χ0) is 15.5. The Hall–Kier alpha value is -1.39. The highest BCUT2D eigenvalue weighted by atomic mass is 32.2. The van der Waals surface area contributed by atoms with Crippen LogP contribution >= 0.6 is 0 Å². The molecule has 0 saturated carbocycles. The van der Waals surface area contributed by atoms with E-state index in [1.807, 2.05) is 6.92 Å². The number of aryl methyl sites for hydroxylation is 1. The minimum Gasteiger partial charge on any atom is -0.384 e. The molecule has 1 heterocycles. The van der Waals surface area contributed by atoms with Gasteiger partial charge >= 0.3 is 0 Å². The van der Waals surface area contributed by atoms with Gasteiger partial charge in [0.2, 0.25) is 10.0 Å². The number of rotatable bonds is 3. The van der Waals surface area contributed by atoms with Crippen LogP contribution in [0.25, 0.3) is 0 Å². The molecule has 0 spiro atoms. The average Bonchev–Trinajstić information content (AvgIpc) is 2.95. The summed E-state index contributed by atoms with van der Waals surface area (Å²) < 4.78 is 31.8. The molecule has 114 valence electrons. The lowest BCUT2D eigenvalue weighted by atomic mass is 10.1. The lowest BCUT2D eigenvalue weighted by Crippen LogP contribution is -2.30. The molecular formula is C15H19NO4S. The Morgan fingerprint density at radius 3 is 2.81 bits per heavy atom. The molecule has 21 heavy (non-hydrogen) atoms. The van der Waals surface area contributed by atoms with E-state index in [0.717, 1.165) is 17.5 Å². The van der Waals surface area contributed by atoms with Gasteiger partial charge in [-0.2, -0.15) is 4.31 Å². The van der Waals surface area contributed by atoms with E-state index in [2.05, 4.69) is 11.8 Å². The number of benzene rings is 1. The summed E-state index contributed by atoms with van der Waals surface area (Å²) in [7, 11) is -1.89. The molecule has 1 atom stereocenters. The van der Waals surface area contributed by atoms with Crippen LogP contribution in [0.3, 0.4) is 0 Å². The Bertz CT molecular complexity index is 673. The summed E-state index contributed by atoms with van der Waals surface area (Å²) in [4.78, 5) is 0.270. The first kappa shape index (κ1) is 16.0. The molecule has 0 bridgehead atoms. The fourth-order valence-corrected chi connectivity index (χ4v) is 3.90. The lowest BCUT2D eigenvalue weighted by Gasteiger charge is -2.16. The first-order chi connectivity index (χ1) is 9.98. The Balaban J connectivity index is 2.27. The van der Waals surface area contributed by atoms with Gasteiger partial charge in [0, 0.05) is 25.8 Å². The van der Waals surface area contributed by atoms with Crippen LogP contribution in [0, 0.1) is 18.8 Å². The summed E-state index contributed by atoms with van der Waals surface area (Å²) >= 11 is 0. The number of sulfonamides is 1. The molecular weight excluding hydrogens is 290 g/mol. The third-order valence-electron chi connectivity index (χ3n) is 3.58. The Morgan fingerprint density at radius 2 is 2.24 bits per heavy atom. The van der Waals surface area contributed by atoms with Crippen LogP contribution in [0.15, 0.2) is 23.1 Å². The molecule has 1 unspecified atom stereocenters. The van der Waals surface area contributed by atoms with Crippen molar-refractivity contribution in [3.05, 3.63) is 29.3 Å². The number of methoxy groups -OCH3 is 1. The number of aliphatic hydroxyl groups excluding tert-OH is 1. The summed E-state index contributed by atoms with van der Waals surface area (Å²) in [5, 5.41) is 8.71. The van der Waals surface area contributed by atoms with Crippen LogP contribution in [0.4, 0.5) is 0 Å². The van der Waals surface area contributed by atoms with E-state index in [9.17, 15) is 8.42 Å². The zero-order valence-electron chi connectivity index (χ0n) is 12.2. The van der Waals surface area contributed by atoms with Gasteiger partial charge in [-0.3, -0.25) is 0 Å². The molecule has 2 rings (SSSR count). The first-order valence-corrected chi connectivity index (χ1v) is 8.16. The molecule has 0 aliphatic carbocycles. The maximum atomic E-state index is 12.6. The van der Waals surface area contributed by atoms with E-state index in [1.54, 1.807) is 25.3 Å². The van der Waals surface area contributed by atoms with Crippen LogP contribution in [0.2, 0.25) is 0 Å². The van der Waals surface area contributed by atoms with Crippen LogP contribution in [-0.2, 0) is 14.8 Å². The molecule has 1 aliphatic heterocycles. The van der Waals surface area contributed by atoms with Gasteiger partial charge in [0.15, 0.2) is 0 Å². The predicted molar refractivity (Wildman–Crippen MR) is 79.3 cm³/mol. The minimum atomic E-state index is -3.49. The van der Waals surface area contributed by atoms with Gasteiger partial charge in [0.1, 0.15) is 6.61 Å². The van der Waals surface area contributed by atoms with Crippen molar-refractivity contribution in [3.63, 3.8) is 0 Å². The third-order valence-corrected chi connectivity index (χ3v) is 5.44. The standard InChI is InChI=1S/C15H19NO4S/c1-12-10-15(6-5-13(12)4-3-9-17)21(18,19)16-8-7-14(11-16)20-2/h5-6,10,14,17H,7-9,11H2,1-2H3. The summed E-state index contributed by atoms with van der Waals surface area (Å²) in [6.07, 6.45) is 0.685. The second-order valence-electron chi connectivity index (χ2n) is 4.95. The van der Waals surface area contributed by atoms with E-state index >= 15 is 0 Å². The summed E-state index contributed by atoms with van der Waals surface area (Å²) in [6.45, 7) is 2.46. The van der Waals surface area contributed by atoms with E-state index in [1.165, 1.54) is 4.31 Å². The van der Waals surface area contributed by atoms with Crippen LogP contribution in [-0.4, -0.2) is 50.7 Å². The van der Waals surface area contributed by atoms with E-state index in [0.29, 0.717) is 13.1 Å². The molecule has 0 amide bonds. The van der Waals surface area contributed by atoms with Gasteiger partial charge in [-0.1, -0.05) is 11.8 Å². The smallest absolute Gasteiger partial charge is 0.243 e. The molecule has 1 N–H and O–H groups in total. The maximum Gasteiger partial charge on any atom is 0.243 e. The molecule has 0 aromatic heterocycles. The fourth-order valence-electron chi connectivity index (χ4n) is 2.33. The van der Waals surface area contributed by atoms with Crippen LogP contribution < -0.4 is 0 Å². The van der Waals surface area contributed by atoms with Gasteiger partial charge in [0.25, 0.3) is 0 Å². The van der Waals surface area contributed by atoms with Gasteiger partial charge < -0.3 is 9.84 Å². The first-order valence-electron chi connectivity index (χ1n) is 6.72. The van der Waals surface area contributed by atoms with Gasteiger partial charge in [-0.05, 0) is 37.1 Å². The van der Waals surface area contributed by atoms with E-state index in [4.69, 9.17) is 9.84 Å². The number of ether oxygens (including phenoxy) is 1. The number of hydrogen-bond acceptors (Lipinski definition) is 4. The van der Waals surface area contributed by atoms with Gasteiger partial charge in [0.05, 0.1) is 11.0 Å². The van der Waals surface area contributed by atoms with Crippen molar-refractivity contribution in [2.24, 2.45) is 0 Å². The highest BCUT2D eigenvalue weighted by Gasteiger charge is 2.32. The molecule has 1 saturated heterocycles. The fraction of sp³-hybridized carbons (Fsp3) is 0.467. The number of hydrogen-bond donors (Lipinski definition) is 1. The average molecular weight is 309 g/mol. The second-order valence-corrected chi connectivity index (χ2v) is 6.88. The predicted octanol–water partition coefficient (Wildman–Crippen LogP) is 0.748. The van der Waals surface area contributed by atoms with Crippen LogP contribution in [0.5, 0.6) is 0 Å². The van der Waals surface area contributed by atoms with Crippen molar-refractivity contribution in [2.45, 2.75) is 24.3 Å². The molecule has 0 radical (unpaired) electrons. The second kappa shape index (κ2) is 6.58. The minimum absolute atomic E-state index is 0.0319. The Labute approximate surface area is 125 Å². The summed E-state index contributed by atoms with van der Waals surface area (Å²) in [6, 6.07) is 4.86. The Kier molecular flexibility index (Phi) is 5.01. The normalized spacial score (nSPS) is 19.3. The molecule has 1 fully saturated rings. The van der Waals surface area contributed by atoms with E-state index in [-0.39, 0.29) is 17.6 Å². The van der Waals surface area contributed by atoms with Crippen LogP contribution in [0.1, 0.15) is 17.5 Å². The van der Waals surface area contributed by atoms with Gasteiger partial charge in [-0.25, -0.2) is 8.42 Å². The third kappa shape index (κ3) is 3.44. The Morgan fingerprint density at radius 1 is 1.48 bits per heavy atom. The monoisotopic (exact) mass is 309 g/mol. The molecule has 5 nitrogen and oxygen atoms in total. The highest BCUT2D eigenvalue weighted by molar-refractivity contribution is 7.89. The largest absolute Gasteiger partial charge is 0.384 e. The molecule has 1 aliphatic rings. The summed E-state index contributed by atoms with van der Waals surface area (Å²) in [5.41, 5.74) is 1.50. The SMILES string of the molecule is COC1CCN(S(=O)(=O)c2ccc(C#CCO)c(C)c2)C1. The van der Waals surface area contributed by atoms with Crippen molar-refractivity contribution in [2.75, 3.05) is 26.8 Å². The topological polar surface area (TPSA) is 66.8 Å². The zero-order valence-corrected chi connectivity index (χ0v) is 13.0. The quantitative estimate of drug-likeness (QED) is 0.837. The van der Waals surface area contributed by atoms with Crippen molar-refractivity contribution in [1.82, 2.24) is 4.31 Å². The highest BCUT2D eigenvalue weighted by Crippen LogP contribution is 2.23. The molecule has 1 aromatic rings. The van der Waals surface area contributed by atoms with Crippen molar-refractivity contribution < 1.29 is 18.3 Å². The maximum absolute atomic E-state index is 12.6. The molecule has 6 heteroatoms. The van der Waals surface area contributed by atoms with Crippen molar-refractivity contribution >= 4 is 10.0 Å².